The summed E-state index contributed by atoms with van der Waals surface area (Å²) in [6.07, 6.45) is 5.27. The number of ether oxygens (including phenoxy) is 2. The van der Waals surface area contributed by atoms with Crippen LogP contribution in [0.25, 0.3) is 0 Å². The third-order valence-corrected chi connectivity index (χ3v) is 4.25. The van der Waals surface area contributed by atoms with Crippen molar-refractivity contribution in [3.05, 3.63) is 58.1 Å². The number of halogens is 1. The maximum absolute atomic E-state index is 12.2. The van der Waals surface area contributed by atoms with E-state index in [0.717, 1.165) is 12.8 Å². The van der Waals surface area contributed by atoms with E-state index in [1.807, 2.05) is 0 Å². The number of benzene rings is 2. The van der Waals surface area contributed by atoms with Gasteiger partial charge in [0.25, 0.3) is 0 Å². The fourth-order valence-electron chi connectivity index (χ4n) is 2.27. The summed E-state index contributed by atoms with van der Waals surface area (Å²) < 4.78 is 11.7. The number of unbranched alkanes of at least 4 members (excludes halogenated alkanes) is 3. The van der Waals surface area contributed by atoms with Crippen LogP contribution in [0.4, 0.5) is 0 Å². The molecule has 0 N–H and O–H groups in total. The smallest absolute Gasteiger partial charge is 0.343 e. The van der Waals surface area contributed by atoms with Crippen LogP contribution >= 0.6 is 15.9 Å². The SMILES string of the molecule is CCCCCCOc1ccc(C(=O)Oc2cccc(C=O)c2)cc1Br. The van der Waals surface area contributed by atoms with Crippen LogP contribution in [0.3, 0.4) is 0 Å². The molecule has 0 saturated carbocycles. The van der Waals surface area contributed by atoms with Gasteiger partial charge in [-0.2, -0.15) is 0 Å². The molecule has 0 amide bonds. The monoisotopic (exact) mass is 404 g/mol. The predicted molar refractivity (Wildman–Crippen MR) is 101 cm³/mol. The van der Waals surface area contributed by atoms with Crippen molar-refractivity contribution >= 4 is 28.2 Å². The molecule has 0 fully saturated rings. The van der Waals surface area contributed by atoms with Gasteiger partial charge in [0, 0.05) is 5.56 Å². The summed E-state index contributed by atoms with van der Waals surface area (Å²) in [6.45, 7) is 2.82. The zero-order valence-corrected chi connectivity index (χ0v) is 15.8. The van der Waals surface area contributed by atoms with E-state index in [-0.39, 0.29) is 0 Å². The van der Waals surface area contributed by atoms with Crippen LogP contribution in [-0.4, -0.2) is 18.9 Å². The number of aldehydes is 1. The Morgan fingerprint density at radius 2 is 1.96 bits per heavy atom. The molecule has 0 unspecified atom stereocenters. The molecule has 5 heteroatoms. The molecule has 0 heterocycles. The van der Waals surface area contributed by atoms with E-state index in [1.165, 1.54) is 18.9 Å². The highest BCUT2D eigenvalue weighted by Crippen LogP contribution is 2.27. The van der Waals surface area contributed by atoms with Crippen LogP contribution in [0.15, 0.2) is 46.9 Å². The Labute approximate surface area is 156 Å². The Balaban J connectivity index is 1.96. The van der Waals surface area contributed by atoms with Gasteiger partial charge in [-0.15, -0.1) is 0 Å². The quantitative estimate of drug-likeness (QED) is 0.241. The first-order valence-corrected chi connectivity index (χ1v) is 9.13. The number of rotatable bonds is 9. The molecule has 0 aliphatic rings. The molecule has 0 aromatic heterocycles. The average Bonchev–Trinajstić information content (AvgIpc) is 2.62. The van der Waals surface area contributed by atoms with Gasteiger partial charge in [0.15, 0.2) is 0 Å². The summed E-state index contributed by atoms with van der Waals surface area (Å²) in [4.78, 5) is 23.0. The third-order valence-electron chi connectivity index (χ3n) is 3.63. The maximum atomic E-state index is 12.2. The maximum Gasteiger partial charge on any atom is 0.343 e. The molecule has 2 aromatic carbocycles. The first kappa shape index (κ1) is 19.2. The summed E-state index contributed by atoms with van der Waals surface area (Å²) in [7, 11) is 0. The molecule has 0 aliphatic carbocycles. The summed E-state index contributed by atoms with van der Waals surface area (Å²) in [5.74, 6) is 0.552. The second-order valence-corrected chi connectivity index (χ2v) is 6.49. The fraction of sp³-hybridized carbons (Fsp3) is 0.300. The summed E-state index contributed by atoms with van der Waals surface area (Å²) >= 11 is 3.43. The Kier molecular flexibility index (Phi) is 7.67. The van der Waals surface area contributed by atoms with E-state index in [9.17, 15) is 9.59 Å². The van der Waals surface area contributed by atoms with Gasteiger partial charge in [0.05, 0.1) is 16.6 Å². The lowest BCUT2D eigenvalue weighted by Gasteiger charge is -2.10. The van der Waals surface area contributed by atoms with Gasteiger partial charge in [0.1, 0.15) is 17.8 Å². The van der Waals surface area contributed by atoms with Gasteiger partial charge in [-0.25, -0.2) is 4.79 Å². The van der Waals surface area contributed by atoms with Gasteiger partial charge in [-0.1, -0.05) is 38.3 Å². The molecule has 2 rings (SSSR count). The number of esters is 1. The fourth-order valence-corrected chi connectivity index (χ4v) is 2.77. The van der Waals surface area contributed by atoms with Crippen molar-refractivity contribution in [2.24, 2.45) is 0 Å². The van der Waals surface area contributed by atoms with Crippen LogP contribution in [-0.2, 0) is 0 Å². The molecule has 132 valence electrons. The highest BCUT2D eigenvalue weighted by atomic mass is 79.9. The number of hydrogen-bond acceptors (Lipinski definition) is 4. The molecule has 0 aliphatic heterocycles. The molecule has 2 aromatic rings. The average molecular weight is 405 g/mol. The predicted octanol–water partition coefficient (Wildman–Crippen LogP) is 5.44. The van der Waals surface area contributed by atoms with Crippen LogP contribution < -0.4 is 9.47 Å². The summed E-state index contributed by atoms with van der Waals surface area (Å²) in [5.41, 5.74) is 0.861. The summed E-state index contributed by atoms with van der Waals surface area (Å²) in [5, 5.41) is 0. The highest BCUT2D eigenvalue weighted by molar-refractivity contribution is 9.10. The molecular weight excluding hydrogens is 384 g/mol. The zero-order valence-electron chi connectivity index (χ0n) is 14.2. The minimum atomic E-state index is -0.488. The Morgan fingerprint density at radius 3 is 2.68 bits per heavy atom. The van der Waals surface area contributed by atoms with Crippen molar-refractivity contribution in [2.75, 3.05) is 6.61 Å². The largest absolute Gasteiger partial charge is 0.492 e. The van der Waals surface area contributed by atoms with Crippen molar-refractivity contribution in [2.45, 2.75) is 32.6 Å². The van der Waals surface area contributed by atoms with Gasteiger partial charge < -0.3 is 9.47 Å². The van der Waals surface area contributed by atoms with Crippen LogP contribution in [0, 0.1) is 0 Å². The molecule has 0 atom stereocenters. The Bertz CT molecular complexity index is 727. The molecular formula is C20H21BrO4. The van der Waals surface area contributed by atoms with E-state index in [4.69, 9.17) is 9.47 Å². The van der Waals surface area contributed by atoms with Crippen LogP contribution in [0.2, 0.25) is 0 Å². The van der Waals surface area contributed by atoms with Crippen molar-refractivity contribution in [1.82, 2.24) is 0 Å². The topological polar surface area (TPSA) is 52.6 Å². The standard InChI is InChI=1S/C20H21BrO4/c1-2-3-4-5-11-24-19-10-9-16(13-18(19)21)20(23)25-17-8-6-7-15(12-17)14-22/h6-10,12-14H,2-5,11H2,1H3. The van der Waals surface area contributed by atoms with Crippen molar-refractivity contribution < 1.29 is 19.1 Å². The molecule has 25 heavy (non-hydrogen) atoms. The Morgan fingerprint density at radius 1 is 1.12 bits per heavy atom. The van der Waals surface area contributed by atoms with Gasteiger partial charge in [-0.05, 0) is 52.7 Å². The van der Waals surface area contributed by atoms with Crippen LogP contribution in [0.5, 0.6) is 11.5 Å². The highest BCUT2D eigenvalue weighted by Gasteiger charge is 2.12. The van der Waals surface area contributed by atoms with Gasteiger partial charge in [-0.3, -0.25) is 4.79 Å². The van der Waals surface area contributed by atoms with E-state index >= 15 is 0 Å². The zero-order chi connectivity index (χ0) is 18.1. The number of hydrogen-bond donors (Lipinski definition) is 0. The number of carbonyl (C=O) groups is 2. The summed E-state index contributed by atoms with van der Waals surface area (Å²) in [6, 6.07) is 11.6. The lowest BCUT2D eigenvalue weighted by Crippen LogP contribution is -2.09. The van der Waals surface area contributed by atoms with Crippen molar-refractivity contribution in [1.29, 1.82) is 0 Å². The van der Waals surface area contributed by atoms with Gasteiger partial charge in [0.2, 0.25) is 0 Å². The lowest BCUT2D eigenvalue weighted by atomic mass is 10.2. The number of carbonyl (C=O) groups excluding carboxylic acids is 2. The third kappa shape index (κ3) is 6.02. The van der Waals surface area contributed by atoms with Gasteiger partial charge >= 0.3 is 5.97 Å². The van der Waals surface area contributed by atoms with E-state index in [1.54, 1.807) is 36.4 Å². The van der Waals surface area contributed by atoms with E-state index in [0.29, 0.717) is 40.0 Å². The minimum absolute atomic E-state index is 0.335. The minimum Gasteiger partial charge on any atom is -0.492 e. The van der Waals surface area contributed by atoms with Crippen LogP contribution in [0.1, 0.15) is 53.3 Å². The lowest BCUT2D eigenvalue weighted by molar-refractivity contribution is 0.0734. The molecule has 0 bridgehead atoms. The molecule has 0 spiro atoms. The van der Waals surface area contributed by atoms with Crippen molar-refractivity contribution in [3.63, 3.8) is 0 Å². The van der Waals surface area contributed by atoms with E-state index < -0.39 is 5.97 Å². The molecule has 0 saturated heterocycles. The van der Waals surface area contributed by atoms with E-state index in [2.05, 4.69) is 22.9 Å². The Hall–Kier alpha value is -2.14. The van der Waals surface area contributed by atoms with Crippen molar-refractivity contribution in [3.8, 4) is 11.5 Å². The normalized spacial score (nSPS) is 10.3. The first-order chi connectivity index (χ1) is 12.1. The molecule has 4 nitrogen and oxygen atoms in total. The molecule has 0 radical (unpaired) electrons. The second-order valence-electron chi connectivity index (χ2n) is 5.63. The first-order valence-electron chi connectivity index (χ1n) is 8.34. The second kappa shape index (κ2) is 9.99.